The van der Waals surface area contributed by atoms with Gasteiger partial charge in [0, 0.05) is 32.2 Å². The SMILES string of the molecule is COc1ccccc1N1CCN(CCCCOc2ccc3c(c2)OCO3)CC1. The zero-order chi connectivity index (χ0) is 19.2. The summed E-state index contributed by atoms with van der Waals surface area (Å²) < 4.78 is 22.0. The minimum absolute atomic E-state index is 0.295. The Labute approximate surface area is 166 Å². The van der Waals surface area contributed by atoms with E-state index in [1.807, 2.05) is 30.3 Å². The molecule has 0 unspecified atom stereocenters. The highest BCUT2D eigenvalue weighted by Gasteiger charge is 2.19. The highest BCUT2D eigenvalue weighted by atomic mass is 16.7. The minimum atomic E-state index is 0.295. The number of hydrogen-bond donors (Lipinski definition) is 0. The van der Waals surface area contributed by atoms with Gasteiger partial charge in [-0.1, -0.05) is 12.1 Å². The molecule has 1 saturated heterocycles. The van der Waals surface area contributed by atoms with E-state index in [2.05, 4.69) is 21.9 Å². The van der Waals surface area contributed by atoms with Crippen molar-refractivity contribution >= 4 is 5.69 Å². The molecule has 6 heteroatoms. The Kier molecular flexibility index (Phi) is 6.07. The molecular weight excluding hydrogens is 356 g/mol. The molecule has 0 atom stereocenters. The van der Waals surface area contributed by atoms with Crippen LogP contribution in [0.4, 0.5) is 5.69 Å². The molecule has 0 aromatic heterocycles. The lowest BCUT2D eigenvalue weighted by Gasteiger charge is -2.36. The average Bonchev–Trinajstić information content (AvgIpc) is 3.22. The van der Waals surface area contributed by atoms with Gasteiger partial charge in [-0.15, -0.1) is 0 Å². The van der Waals surface area contributed by atoms with E-state index in [-0.39, 0.29) is 0 Å². The molecule has 150 valence electrons. The highest BCUT2D eigenvalue weighted by Crippen LogP contribution is 2.35. The zero-order valence-corrected chi connectivity index (χ0v) is 16.4. The molecule has 0 amide bonds. The molecule has 2 aliphatic heterocycles. The molecule has 0 saturated carbocycles. The van der Waals surface area contributed by atoms with Gasteiger partial charge in [0.05, 0.1) is 19.4 Å². The molecule has 0 N–H and O–H groups in total. The van der Waals surface area contributed by atoms with Crippen LogP contribution in [0.25, 0.3) is 0 Å². The molecule has 2 aliphatic rings. The van der Waals surface area contributed by atoms with E-state index in [1.165, 1.54) is 5.69 Å². The van der Waals surface area contributed by atoms with Crippen molar-refractivity contribution in [3.05, 3.63) is 42.5 Å². The molecule has 28 heavy (non-hydrogen) atoms. The number of piperazine rings is 1. The van der Waals surface area contributed by atoms with Crippen LogP contribution in [0.2, 0.25) is 0 Å². The summed E-state index contributed by atoms with van der Waals surface area (Å²) in [6.07, 6.45) is 2.18. The molecule has 4 rings (SSSR count). The molecular formula is C22H28N2O4. The molecule has 2 aromatic rings. The Morgan fingerprint density at radius 1 is 0.929 bits per heavy atom. The maximum absolute atomic E-state index is 5.84. The maximum atomic E-state index is 5.84. The van der Waals surface area contributed by atoms with Crippen LogP contribution in [-0.4, -0.2) is 58.1 Å². The Morgan fingerprint density at radius 3 is 2.61 bits per heavy atom. The Hall–Kier alpha value is -2.60. The lowest BCUT2D eigenvalue weighted by molar-refractivity contribution is 0.173. The Morgan fingerprint density at radius 2 is 1.75 bits per heavy atom. The van der Waals surface area contributed by atoms with Crippen LogP contribution in [0.5, 0.6) is 23.0 Å². The molecule has 2 aromatic carbocycles. The number of methoxy groups -OCH3 is 1. The van der Waals surface area contributed by atoms with Crippen LogP contribution >= 0.6 is 0 Å². The number of para-hydroxylation sites is 2. The van der Waals surface area contributed by atoms with Gasteiger partial charge in [-0.2, -0.15) is 0 Å². The van der Waals surface area contributed by atoms with Crippen molar-refractivity contribution in [3.63, 3.8) is 0 Å². The zero-order valence-electron chi connectivity index (χ0n) is 16.4. The summed E-state index contributed by atoms with van der Waals surface area (Å²) in [6.45, 7) is 6.37. The molecule has 0 aliphatic carbocycles. The number of hydrogen-bond acceptors (Lipinski definition) is 6. The van der Waals surface area contributed by atoms with Gasteiger partial charge < -0.3 is 23.8 Å². The number of nitrogens with zero attached hydrogens (tertiary/aromatic N) is 2. The number of anilines is 1. The normalized spacial score (nSPS) is 16.2. The van der Waals surface area contributed by atoms with Crippen molar-refractivity contribution in [1.29, 1.82) is 0 Å². The van der Waals surface area contributed by atoms with Crippen LogP contribution < -0.4 is 23.8 Å². The number of fused-ring (bicyclic) bond motifs is 1. The Bertz CT molecular complexity index is 775. The average molecular weight is 384 g/mol. The van der Waals surface area contributed by atoms with Crippen LogP contribution in [0, 0.1) is 0 Å². The molecule has 0 radical (unpaired) electrons. The number of ether oxygens (including phenoxy) is 4. The first kappa shape index (κ1) is 18.7. The summed E-state index contributed by atoms with van der Waals surface area (Å²) in [5.74, 6) is 3.36. The van der Waals surface area contributed by atoms with Crippen molar-refractivity contribution in [2.75, 3.05) is 58.1 Å². The van der Waals surface area contributed by atoms with Crippen molar-refractivity contribution in [2.45, 2.75) is 12.8 Å². The monoisotopic (exact) mass is 384 g/mol. The minimum Gasteiger partial charge on any atom is -0.495 e. The molecule has 6 nitrogen and oxygen atoms in total. The maximum Gasteiger partial charge on any atom is 0.231 e. The van der Waals surface area contributed by atoms with Gasteiger partial charge in [0.2, 0.25) is 6.79 Å². The second kappa shape index (κ2) is 9.06. The van der Waals surface area contributed by atoms with Gasteiger partial charge in [0.25, 0.3) is 0 Å². The predicted octanol–water partition coefficient (Wildman–Crippen LogP) is 3.41. The third kappa shape index (κ3) is 4.44. The van der Waals surface area contributed by atoms with Crippen LogP contribution in [-0.2, 0) is 0 Å². The summed E-state index contributed by atoms with van der Waals surface area (Å²) in [5, 5.41) is 0. The van der Waals surface area contributed by atoms with E-state index >= 15 is 0 Å². The van der Waals surface area contributed by atoms with E-state index in [0.717, 1.165) is 75.2 Å². The van der Waals surface area contributed by atoms with Crippen molar-refractivity contribution in [2.24, 2.45) is 0 Å². The first-order valence-electron chi connectivity index (χ1n) is 9.96. The number of benzene rings is 2. The van der Waals surface area contributed by atoms with Crippen LogP contribution in [0.3, 0.4) is 0 Å². The van der Waals surface area contributed by atoms with Crippen molar-refractivity contribution in [1.82, 2.24) is 4.90 Å². The summed E-state index contributed by atoms with van der Waals surface area (Å²) in [6, 6.07) is 14.0. The third-order valence-corrected chi connectivity index (χ3v) is 5.28. The van der Waals surface area contributed by atoms with Gasteiger partial charge in [-0.3, -0.25) is 4.90 Å². The third-order valence-electron chi connectivity index (χ3n) is 5.28. The summed E-state index contributed by atoms with van der Waals surface area (Å²) >= 11 is 0. The first-order chi connectivity index (χ1) is 13.8. The fraction of sp³-hybridized carbons (Fsp3) is 0.455. The van der Waals surface area contributed by atoms with Crippen molar-refractivity contribution in [3.8, 4) is 23.0 Å². The van der Waals surface area contributed by atoms with E-state index in [0.29, 0.717) is 6.79 Å². The lowest BCUT2D eigenvalue weighted by Crippen LogP contribution is -2.46. The summed E-state index contributed by atoms with van der Waals surface area (Å²) in [7, 11) is 1.74. The van der Waals surface area contributed by atoms with Crippen LogP contribution in [0.15, 0.2) is 42.5 Å². The first-order valence-corrected chi connectivity index (χ1v) is 9.96. The fourth-order valence-corrected chi connectivity index (χ4v) is 3.70. The standard InChI is InChI=1S/C22H28N2O4/c1-25-20-7-3-2-6-19(20)24-13-11-23(12-14-24)10-4-5-15-26-18-8-9-21-22(16-18)28-17-27-21/h2-3,6-9,16H,4-5,10-15,17H2,1H3. The van der Waals surface area contributed by atoms with Crippen LogP contribution in [0.1, 0.15) is 12.8 Å². The molecule has 1 fully saturated rings. The van der Waals surface area contributed by atoms with Gasteiger partial charge in [0.1, 0.15) is 11.5 Å². The largest absolute Gasteiger partial charge is 0.495 e. The molecule has 2 heterocycles. The van der Waals surface area contributed by atoms with E-state index in [4.69, 9.17) is 18.9 Å². The van der Waals surface area contributed by atoms with Gasteiger partial charge >= 0.3 is 0 Å². The van der Waals surface area contributed by atoms with E-state index < -0.39 is 0 Å². The number of unbranched alkanes of at least 4 members (excludes halogenated alkanes) is 1. The van der Waals surface area contributed by atoms with Gasteiger partial charge in [-0.05, 0) is 43.7 Å². The highest BCUT2D eigenvalue weighted by molar-refractivity contribution is 5.58. The second-order valence-corrected chi connectivity index (χ2v) is 7.07. The van der Waals surface area contributed by atoms with E-state index in [9.17, 15) is 0 Å². The van der Waals surface area contributed by atoms with Gasteiger partial charge in [-0.25, -0.2) is 0 Å². The van der Waals surface area contributed by atoms with Gasteiger partial charge in [0.15, 0.2) is 11.5 Å². The topological polar surface area (TPSA) is 43.4 Å². The lowest BCUT2D eigenvalue weighted by atomic mass is 10.2. The molecule has 0 spiro atoms. The second-order valence-electron chi connectivity index (χ2n) is 7.07. The predicted molar refractivity (Wildman–Crippen MR) is 109 cm³/mol. The van der Waals surface area contributed by atoms with E-state index in [1.54, 1.807) is 7.11 Å². The van der Waals surface area contributed by atoms with Crippen molar-refractivity contribution < 1.29 is 18.9 Å². The quantitative estimate of drug-likeness (QED) is 0.650. The smallest absolute Gasteiger partial charge is 0.231 e. The summed E-state index contributed by atoms with van der Waals surface area (Å²) in [5.41, 5.74) is 1.20. The fourth-order valence-electron chi connectivity index (χ4n) is 3.70. The Balaban J connectivity index is 1.14. The summed E-state index contributed by atoms with van der Waals surface area (Å²) in [4.78, 5) is 4.95. The number of rotatable bonds is 8. The molecule has 0 bridgehead atoms.